The first kappa shape index (κ1) is 15.3. The number of aliphatic hydroxyl groups is 1. The Hall–Kier alpha value is -1.75. The summed E-state index contributed by atoms with van der Waals surface area (Å²) in [7, 11) is 2.88. The average Bonchev–Trinajstić information content (AvgIpc) is 2.34. The first-order valence-corrected chi connectivity index (χ1v) is 5.89. The molecule has 0 spiro atoms. The highest BCUT2D eigenvalue weighted by atomic mass is 16.5. The Kier molecular flexibility index (Phi) is 4.42. The Bertz CT molecular complexity index is 473. The minimum absolute atomic E-state index is 0.194. The van der Waals surface area contributed by atoms with Gasteiger partial charge in [-0.05, 0) is 23.1 Å². The van der Waals surface area contributed by atoms with Crippen LogP contribution in [0.5, 0.6) is 11.5 Å². The molecule has 0 aliphatic carbocycles. The molecule has 0 saturated carbocycles. The van der Waals surface area contributed by atoms with Crippen LogP contribution in [0, 0.1) is 0 Å². The smallest absolute Gasteiger partial charge is 0.337 e. The summed E-state index contributed by atoms with van der Waals surface area (Å²) in [5, 5.41) is 18.8. The van der Waals surface area contributed by atoms with Crippen molar-refractivity contribution in [1.29, 1.82) is 0 Å². The minimum Gasteiger partial charge on any atom is -0.493 e. The predicted octanol–water partition coefficient (Wildman–Crippen LogP) is 2.12. The number of hydrogen-bond acceptors (Lipinski definition) is 4. The van der Waals surface area contributed by atoms with E-state index in [2.05, 4.69) is 0 Å². The van der Waals surface area contributed by atoms with E-state index in [1.54, 1.807) is 12.1 Å². The second kappa shape index (κ2) is 5.48. The number of carboxylic acids is 1. The number of benzene rings is 1. The highest BCUT2D eigenvalue weighted by molar-refractivity contribution is 5.76. The third-order valence-corrected chi connectivity index (χ3v) is 2.90. The van der Waals surface area contributed by atoms with Crippen LogP contribution in [0.1, 0.15) is 38.0 Å². The normalized spacial score (nSPS) is 12.9. The fourth-order valence-corrected chi connectivity index (χ4v) is 1.76. The summed E-state index contributed by atoms with van der Waals surface area (Å²) >= 11 is 0. The van der Waals surface area contributed by atoms with Crippen molar-refractivity contribution >= 4 is 5.97 Å². The molecule has 1 atom stereocenters. The lowest BCUT2D eigenvalue weighted by atomic mass is 9.85. The molecule has 0 saturated heterocycles. The van der Waals surface area contributed by atoms with Crippen molar-refractivity contribution < 1.29 is 24.5 Å². The number of ether oxygens (including phenoxy) is 2. The number of aliphatic hydroxyl groups excluding tert-OH is 1. The summed E-state index contributed by atoms with van der Waals surface area (Å²) in [6.07, 6.45) is -1.65. The zero-order chi connectivity index (χ0) is 14.8. The quantitative estimate of drug-likeness (QED) is 0.874. The van der Waals surface area contributed by atoms with E-state index in [4.69, 9.17) is 14.6 Å². The summed E-state index contributed by atoms with van der Waals surface area (Å²) in [4.78, 5) is 11.0. The number of carboxylic acid groups (broad SMARTS) is 1. The van der Waals surface area contributed by atoms with Crippen molar-refractivity contribution in [1.82, 2.24) is 0 Å². The molecular formula is C14H20O5. The maximum atomic E-state index is 11.0. The number of rotatable bonds is 4. The van der Waals surface area contributed by atoms with Crippen molar-refractivity contribution in [3.8, 4) is 11.5 Å². The molecule has 19 heavy (non-hydrogen) atoms. The van der Waals surface area contributed by atoms with Gasteiger partial charge in [-0.2, -0.15) is 0 Å². The van der Waals surface area contributed by atoms with E-state index in [1.165, 1.54) is 14.2 Å². The van der Waals surface area contributed by atoms with Gasteiger partial charge in [0.2, 0.25) is 0 Å². The molecule has 0 heterocycles. The Labute approximate surface area is 112 Å². The van der Waals surface area contributed by atoms with Gasteiger partial charge in [0.05, 0.1) is 14.2 Å². The standard InChI is InChI=1S/C14H20O5/c1-14(2,3)8-6-9(11(15)13(16)17)12(19-5)10(7-8)18-4/h6-7,11,15H,1-5H3,(H,16,17). The van der Waals surface area contributed by atoms with Gasteiger partial charge in [-0.1, -0.05) is 20.8 Å². The molecule has 0 aliphatic heterocycles. The van der Waals surface area contributed by atoms with Crippen LogP contribution in [0.2, 0.25) is 0 Å². The van der Waals surface area contributed by atoms with Gasteiger partial charge in [-0.25, -0.2) is 4.79 Å². The van der Waals surface area contributed by atoms with Crippen LogP contribution in [0.3, 0.4) is 0 Å². The molecule has 1 unspecified atom stereocenters. The summed E-state index contributed by atoms with van der Waals surface area (Å²) < 4.78 is 10.4. The Morgan fingerprint density at radius 1 is 1.21 bits per heavy atom. The molecule has 2 N–H and O–H groups in total. The van der Waals surface area contributed by atoms with Gasteiger partial charge >= 0.3 is 5.97 Å². The highest BCUT2D eigenvalue weighted by Crippen LogP contribution is 2.39. The summed E-state index contributed by atoms with van der Waals surface area (Å²) in [6, 6.07) is 3.43. The van der Waals surface area contributed by atoms with Gasteiger partial charge in [0.1, 0.15) is 0 Å². The molecule has 1 aromatic rings. The van der Waals surface area contributed by atoms with Crippen LogP contribution >= 0.6 is 0 Å². The second-order valence-electron chi connectivity index (χ2n) is 5.29. The number of methoxy groups -OCH3 is 2. The van der Waals surface area contributed by atoms with Crippen LogP contribution < -0.4 is 9.47 Å². The lowest BCUT2D eigenvalue weighted by molar-refractivity contribution is -0.147. The second-order valence-corrected chi connectivity index (χ2v) is 5.29. The van der Waals surface area contributed by atoms with E-state index in [9.17, 15) is 9.90 Å². The first-order chi connectivity index (χ1) is 8.72. The zero-order valence-electron chi connectivity index (χ0n) is 11.9. The third kappa shape index (κ3) is 3.17. The molecule has 106 valence electrons. The van der Waals surface area contributed by atoms with Crippen molar-refractivity contribution in [3.63, 3.8) is 0 Å². The highest BCUT2D eigenvalue weighted by Gasteiger charge is 2.26. The molecular weight excluding hydrogens is 248 g/mol. The maximum absolute atomic E-state index is 11.0. The Morgan fingerprint density at radius 3 is 2.16 bits per heavy atom. The van der Waals surface area contributed by atoms with Gasteiger partial charge in [-0.3, -0.25) is 0 Å². The van der Waals surface area contributed by atoms with Crippen LogP contribution in [-0.4, -0.2) is 30.4 Å². The van der Waals surface area contributed by atoms with Crippen molar-refractivity contribution in [2.24, 2.45) is 0 Å². The largest absolute Gasteiger partial charge is 0.493 e. The molecule has 0 fully saturated rings. The Balaban J connectivity index is 3.53. The fourth-order valence-electron chi connectivity index (χ4n) is 1.76. The molecule has 1 rings (SSSR count). The van der Waals surface area contributed by atoms with Gasteiger partial charge in [0.15, 0.2) is 17.6 Å². The van der Waals surface area contributed by atoms with E-state index >= 15 is 0 Å². The molecule has 0 radical (unpaired) electrons. The number of aliphatic carboxylic acids is 1. The Morgan fingerprint density at radius 2 is 1.79 bits per heavy atom. The first-order valence-electron chi connectivity index (χ1n) is 5.89. The SMILES string of the molecule is COc1cc(C(C)(C)C)cc(C(O)C(=O)O)c1OC. The van der Waals surface area contributed by atoms with Gasteiger partial charge in [0, 0.05) is 5.56 Å². The van der Waals surface area contributed by atoms with E-state index in [0.29, 0.717) is 5.75 Å². The topological polar surface area (TPSA) is 76.0 Å². The molecule has 0 bridgehead atoms. The van der Waals surface area contributed by atoms with E-state index in [-0.39, 0.29) is 16.7 Å². The van der Waals surface area contributed by atoms with Crippen molar-refractivity contribution in [3.05, 3.63) is 23.3 Å². The molecule has 1 aromatic carbocycles. The summed E-state index contributed by atoms with van der Waals surface area (Å²) in [5.41, 5.74) is 0.853. The monoisotopic (exact) mass is 268 g/mol. The van der Waals surface area contributed by atoms with Gasteiger partial charge in [-0.15, -0.1) is 0 Å². The molecule has 0 amide bonds. The molecule has 0 aliphatic rings. The average molecular weight is 268 g/mol. The van der Waals surface area contributed by atoms with E-state index in [1.807, 2.05) is 20.8 Å². The number of carbonyl (C=O) groups is 1. The van der Waals surface area contributed by atoms with Gasteiger partial charge < -0.3 is 19.7 Å². The van der Waals surface area contributed by atoms with Crippen LogP contribution in [-0.2, 0) is 10.2 Å². The van der Waals surface area contributed by atoms with Crippen molar-refractivity contribution in [2.75, 3.05) is 14.2 Å². The van der Waals surface area contributed by atoms with Crippen LogP contribution in [0.25, 0.3) is 0 Å². The third-order valence-electron chi connectivity index (χ3n) is 2.90. The maximum Gasteiger partial charge on any atom is 0.337 e. The predicted molar refractivity (Wildman–Crippen MR) is 70.8 cm³/mol. The molecule has 5 nitrogen and oxygen atoms in total. The van der Waals surface area contributed by atoms with Gasteiger partial charge in [0.25, 0.3) is 0 Å². The van der Waals surface area contributed by atoms with Crippen molar-refractivity contribution in [2.45, 2.75) is 32.3 Å². The fraction of sp³-hybridized carbons (Fsp3) is 0.500. The van der Waals surface area contributed by atoms with Crippen LogP contribution in [0.4, 0.5) is 0 Å². The lowest BCUT2D eigenvalue weighted by Crippen LogP contribution is -2.16. The molecule has 0 aromatic heterocycles. The lowest BCUT2D eigenvalue weighted by Gasteiger charge is -2.23. The van der Waals surface area contributed by atoms with E-state index in [0.717, 1.165) is 5.56 Å². The van der Waals surface area contributed by atoms with E-state index < -0.39 is 12.1 Å². The summed E-state index contributed by atoms with van der Waals surface area (Å²) in [5.74, 6) is -0.679. The number of hydrogen-bond donors (Lipinski definition) is 2. The zero-order valence-corrected chi connectivity index (χ0v) is 11.9. The van der Waals surface area contributed by atoms with Crippen LogP contribution in [0.15, 0.2) is 12.1 Å². The summed E-state index contributed by atoms with van der Waals surface area (Å²) in [6.45, 7) is 5.97. The molecule has 5 heteroatoms. The minimum atomic E-state index is -1.65.